The third-order valence-electron chi connectivity index (χ3n) is 4.58. The van der Waals surface area contributed by atoms with Gasteiger partial charge in [0, 0.05) is 15.4 Å². The largest absolute Gasteiger partial charge is 0.462 e. The van der Waals surface area contributed by atoms with Crippen molar-refractivity contribution in [1.82, 2.24) is 9.97 Å². The lowest BCUT2D eigenvalue weighted by molar-refractivity contribution is 0.0531. The number of rotatable bonds is 5. The van der Waals surface area contributed by atoms with Crippen molar-refractivity contribution in [3.8, 4) is 11.3 Å². The van der Waals surface area contributed by atoms with Crippen molar-refractivity contribution in [2.45, 2.75) is 13.8 Å². The summed E-state index contributed by atoms with van der Waals surface area (Å²) in [6, 6.07) is 17.0. The first kappa shape index (κ1) is 21.1. The minimum atomic E-state index is -0.440. The summed E-state index contributed by atoms with van der Waals surface area (Å²) in [6.07, 6.45) is 0. The number of fused-ring (bicyclic) bond motifs is 1. The second-order valence-corrected chi connectivity index (χ2v) is 8.60. The molecule has 6 nitrogen and oxygen atoms in total. The number of aryl methyl sites for hydroxylation is 1. The highest BCUT2D eigenvalue weighted by Crippen LogP contribution is 2.28. The maximum Gasteiger partial charge on any atom is 0.350 e. The van der Waals surface area contributed by atoms with E-state index in [9.17, 15) is 9.59 Å². The minimum Gasteiger partial charge on any atom is -0.462 e. The number of thiazole rings is 1. The summed E-state index contributed by atoms with van der Waals surface area (Å²) in [7, 11) is 0. The van der Waals surface area contributed by atoms with Gasteiger partial charge in [0.1, 0.15) is 4.88 Å². The van der Waals surface area contributed by atoms with Gasteiger partial charge in [-0.25, -0.2) is 14.8 Å². The molecular formula is C23H18BrN3O3S. The first-order valence-corrected chi connectivity index (χ1v) is 11.2. The van der Waals surface area contributed by atoms with E-state index in [4.69, 9.17) is 9.72 Å². The molecule has 156 valence electrons. The topological polar surface area (TPSA) is 81.2 Å². The summed E-state index contributed by atoms with van der Waals surface area (Å²) in [5.41, 5.74) is 3.31. The molecule has 0 saturated carbocycles. The summed E-state index contributed by atoms with van der Waals surface area (Å²) < 4.78 is 6.01. The van der Waals surface area contributed by atoms with Gasteiger partial charge < -0.3 is 4.74 Å². The van der Waals surface area contributed by atoms with Gasteiger partial charge in [0.25, 0.3) is 5.91 Å². The van der Waals surface area contributed by atoms with E-state index < -0.39 is 5.97 Å². The lowest BCUT2D eigenvalue weighted by atomic mass is 10.0. The van der Waals surface area contributed by atoms with Gasteiger partial charge in [0.2, 0.25) is 0 Å². The highest BCUT2D eigenvalue weighted by atomic mass is 79.9. The third kappa shape index (κ3) is 4.50. The Balaban J connectivity index is 1.71. The van der Waals surface area contributed by atoms with Crippen LogP contribution in [0.4, 0.5) is 5.13 Å². The van der Waals surface area contributed by atoms with Crippen LogP contribution >= 0.6 is 27.3 Å². The van der Waals surface area contributed by atoms with Gasteiger partial charge in [-0.2, -0.15) is 0 Å². The second-order valence-electron chi connectivity index (χ2n) is 6.69. The number of amides is 1. The predicted molar refractivity (Wildman–Crippen MR) is 126 cm³/mol. The van der Waals surface area contributed by atoms with Crippen molar-refractivity contribution in [2.24, 2.45) is 0 Å². The molecule has 0 unspecified atom stereocenters. The number of para-hydroxylation sites is 1. The van der Waals surface area contributed by atoms with Crippen LogP contribution in [0.25, 0.3) is 22.2 Å². The monoisotopic (exact) mass is 495 g/mol. The fraction of sp³-hybridized carbons (Fsp3) is 0.130. The van der Waals surface area contributed by atoms with Crippen molar-refractivity contribution in [2.75, 3.05) is 11.9 Å². The number of carbonyl (C=O) groups is 2. The number of nitrogens with zero attached hydrogens (tertiary/aromatic N) is 2. The zero-order valence-corrected chi connectivity index (χ0v) is 19.2. The number of benzene rings is 2. The van der Waals surface area contributed by atoms with Gasteiger partial charge in [0.05, 0.1) is 29.1 Å². The molecule has 0 aliphatic rings. The minimum absolute atomic E-state index is 0.277. The molecule has 31 heavy (non-hydrogen) atoms. The van der Waals surface area contributed by atoms with Crippen molar-refractivity contribution in [3.63, 3.8) is 0 Å². The molecule has 0 fully saturated rings. The molecule has 8 heteroatoms. The van der Waals surface area contributed by atoms with Crippen LogP contribution in [0, 0.1) is 6.92 Å². The Morgan fingerprint density at radius 1 is 1.10 bits per heavy atom. The summed E-state index contributed by atoms with van der Waals surface area (Å²) in [6.45, 7) is 3.74. The Kier molecular flexibility index (Phi) is 6.11. The van der Waals surface area contributed by atoms with Crippen molar-refractivity contribution in [3.05, 3.63) is 75.2 Å². The van der Waals surface area contributed by atoms with E-state index in [1.54, 1.807) is 19.9 Å². The Hall–Kier alpha value is -3.10. The Labute approximate surface area is 191 Å². The van der Waals surface area contributed by atoms with Crippen LogP contribution < -0.4 is 5.32 Å². The number of esters is 1. The molecule has 0 radical (unpaired) electrons. The average molecular weight is 496 g/mol. The fourth-order valence-corrected chi connectivity index (χ4v) is 4.25. The molecule has 0 bridgehead atoms. The molecule has 2 aromatic heterocycles. The maximum atomic E-state index is 13.2. The van der Waals surface area contributed by atoms with Crippen molar-refractivity contribution < 1.29 is 14.3 Å². The van der Waals surface area contributed by atoms with Gasteiger partial charge >= 0.3 is 5.97 Å². The van der Waals surface area contributed by atoms with Crippen molar-refractivity contribution in [1.29, 1.82) is 0 Å². The predicted octanol–water partition coefficient (Wildman–Crippen LogP) is 5.86. The average Bonchev–Trinajstić information content (AvgIpc) is 3.13. The quantitative estimate of drug-likeness (QED) is 0.350. The third-order valence-corrected chi connectivity index (χ3v) is 6.16. The molecule has 0 atom stereocenters. The number of hydrogen-bond donors (Lipinski definition) is 1. The van der Waals surface area contributed by atoms with Crippen LogP contribution in [0.1, 0.15) is 32.6 Å². The Morgan fingerprint density at radius 2 is 1.84 bits per heavy atom. The van der Waals surface area contributed by atoms with Crippen LogP contribution in [0.2, 0.25) is 0 Å². The number of anilines is 1. The van der Waals surface area contributed by atoms with E-state index in [-0.39, 0.29) is 12.5 Å². The normalized spacial score (nSPS) is 10.8. The number of halogens is 1. The number of carbonyl (C=O) groups excluding carboxylic acids is 2. The standard InChI is InChI=1S/C23H18BrN3O3S/c1-3-30-22(29)20-13(2)25-23(31-20)27-21(28)17-12-19(14-8-10-15(24)11-9-14)26-18-7-5-4-6-16(17)18/h4-12H,3H2,1-2H3,(H,25,27,28). The van der Waals surface area contributed by atoms with Crippen LogP contribution in [-0.4, -0.2) is 28.5 Å². The van der Waals surface area contributed by atoms with E-state index in [0.717, 1.165) is 32.3 Å². The second kappa shape index (κ2) is 8.95. The molecule has 0 saturated heterocycles. The Bertz CT molecular complexity index is 1290. The van der Waals surface area contributed by atoms with Gasteiger partial charge in [-0.05, 0) is 38.1 Å². The van der Waals surface area contributed by atoms with E-state index >= 15 is 0 Å². The number of aromatic nitrogens is 2. The molecular weight excluding hydrogens is 478 g/mol. The van der Waals surface area contributed by atoms with Crippen LogP contribution in [0.5, 0.6) is 0 Å². The van der Waals surface area contributed by atoms with Gasteiger partial charge in [0.15, 0.2) is 5.13 Å². The SMILES string of the molecule is CCOC(=O)c1sc(NC(=O)c2cc(-c3ccc(Br)cc3)nc3ccccc23)nc1C. The molecule has 0 spiro atoms. The van der Waals surface area contributed by atoms with Crippen LogP contribution in [-0.2, 0) is 4.74 Å². The fourth-order valence-electron chi connectivity index (χ4n) is 3.13. The zero-order chi connectivity index (χ0) is 22.0. The summed E-state index contributed by atoms with van der Waals surface area (Å²) in [5, 5.41) is 3.90. The highest BCUT2D eigenvalue weighted by molar-refractivity contribution is 9.10. The van der Waals surface area contributed by atoms with E-state index in [1.165, 1.54) is 0 Å². The molecule has 4 rings (SSSR count). The molecule has 4 aromatic rings. The lowest BCUT2D eigenvalue weighted by Crippen LogP contribution is -2.13. The zero-order valence-electron chi connectivity index (χ0n) is 16.8. The summed E-state index contributed by atoms with van der Waals surface area (Å²) >= 11 is 4.54. The molecule has 2 heterocycles. The maximum absolute atomic E-state index is 13.2. The molecule has 2 aromatic carbocycles. The highest BCUT2D eigenvalue weighted by Gasteiger charge is 2.19. The number of hydrogen-bond acceptors (Lipinski definition) is 6. The van der Waals surface area contributed by atoms with Crippen LogP contribution in [0.15, 0.2) is 59.1 Å². The number of ether oxygens (including phenoxy) is 1. The summed E-state index contributed by atoms with van der Waals surface area (Å²) in [5.74, 6) is -0.758. The number of pyridine rings is 1. The van der Waals surface area contributed by atoms with E-state index in [1.807, 2.05) is 48.5 Å². The van der Waals surface area contributed by atoms with Crippen LogP contribution in [0.3, 0.4) is 0 Å². The van der Waals surface area contributed by atoms with Gasteiger partial charge in [-0.1, -0.05) is 57.6 Å². The van der Waals surface area contributed by atoms with Gasteiger partial charge in [-0.3, -0.25) is 10.1 Å². The molecule has 0 aliphatic carbocycles. The molecule has 0 aliphatic heterocycles. The lowest BCUT2D eigenvalue weighted by Gasteiger charge is -2.10. The molecule has 1 N–H and O–H groups in total. The molecule has 1 amide bonds. The van der Waals surface area contributed by atoms with Gasteiger partial charge in [-0.15, -0.1) is 0 Å². The first-order chi connectivity index (χ1) is 15.0. The van der Waals surface area contributed by atoms with E-state index in [2.05, 4.69) is 26.2 Å². The van der Waals surface area contributed by atoms with Crippen molar-refractivity contribution >= 4 is 55.2 Å². The smallest absolute Gasteiger partial charge is 0.350 e. The Morgan fingerprint density at radius 3 is 2.58 bits per heavy atom. The first-order valence-electron chi connectivity index (χ1n) is 9.58. The number of nitrogens with one attached hydrogen (secondary N) is 1. The summed E-state index contributed by atoms with van der Waals surface area (Å²) in [4.78, 5) is 34.7. The van der Waals surface area contributed by atoms with E-state index in [0.29, 0.717) is 27.0 Å².